The van der Waals surface area contributed by atoms with Gasteiger partial charge in [-0.2, -0.15) is 20.4 Å². The molecule has 0 saturated heterocycles. The maximum Gasteiger partial charge on any atom is 0.124 e. The van der Waals surface area contributed by atoms with Gasteiger partial charge < -0.3 is 10.2 Å². The van der Waals surface area contributed by atoms with Crippen LogP contribution in [-0.2, 0) is 0 Å². The Labute approximate surface area is 140 Å². The first-order valence-corrected chi connectivity index (χ1v) is 7.30. The lowest BCUT2D eigenvalue weighted by atomic mass is 10.1. The van der Waals surface area contributed by atoms with Crippen LogP contribution in [0.15, 0.2) is 68.9 Å². The summed E-state index contributed by atoms with van der Waals surface area (Å²) in [5.41, 5.74) is 2.43. The summed E-state index contributed by atoms with van der Waals surface area (Å²) in [7, 11) is 0. The molecule has 0 amide bonds. The van der Waals surface area contributed by atoms with E-state index in [1.54, 1.807) is 50.2 Å². The Bertz CT molecular complexity index is 754. The van der Waals surface area contributed by atoms with Crippen LogP contribution in [0.5, 0.6) is 11.5 Å². The second-order valence-electron chi connectivity index (χ2n) is 4.93. The van der Waals surface area contributed by atoms with E-state index >= 15 is 0 Å². The normalized spacial score (nSPS) is 13.1. The van der Waals surface area contributed by atoms with E-state index < -0.39 is 0 Å². The minimum absolute atomic E-state index is 0.158. The monoisotopic (exact) mass is 322 g/mol. The largest absolute Gasteiger partial charge is 0.507 e. The maximum atomic E-state index is 9.72. The van der Waals surface area contributed by atoms with Crippen LogP contribution in [0.1, 0.15) is 25.0 Å². The summed E-state index contributed by atoms with van der Waals surface area (Å²) in [6, 6.07) is 13.8. The average Bonchev–Trinajstić information content (AvgIpc) is 2.58. The zero-order chi connectivity index (χ0) is 17.4. The molecule has 0 radical (unpaired) electrons. The van der Waals surface area contributed by atoms with Crippen molar-refractivity contribution in [1.29, 1.82) is 0 Å². The molecule has 2 aromatic carbocycles. The Balaban J connectivity index is 2.00. The Morgan fingerprint density at radius 2 is 1.08 bits per heavy atom. The molecule has 0 unspecified atom stereocenters. The third-order valence-electron chi connectivity index (χ3n) is 3.20. The number of rotatable bonds is 5. The van der Waals surface area contributed by atoms with Crippen molar-refractivity contribution in [3.8, 4) is 11.5 Å². The van der Waals surface area contributed by atoms with Crippen LogP contribution in [0.25, 0.3) is 0 Å². The summed E-state index contributed by atoms with van der Waals surface area (Å²) in [6.45, 7) is 3.51. The summed E-state index contributed by atoms with van der Waals surface area (Å²) in [5, 5.41) is 35.1. The van der Waals surface area contributed by atoms with Crippen LogP contribution in [0.2, 0.25) is 0 Å². The molecule has 0 fully saturated rings. The summed E-state index contributed by atoms with van der Waals surface area (Å²) in [4.78, 5) is 0. The second kappa shape index (κ2) is 8.38. The van der Waals surface area contributed by atoms with Crippen molar-refractivity contribution in [2.45, 2.75) is 13.8 Å². The quantitative estimate of drug-likeness (QED) is 0.652. The smallest absolute Gasteiger partial charge is 0.124 e. The predicted molar refractivity (Wildman–Crippen MR) is 97.6 cm³/mol. The molecule has 2 N–H and O–H groups in total. The number of benzene rings is 2. The molecule has 0 heterocycles. The molecule has 0 atom stereocenters. The number of aromatic hydroxyl groups is 2. The SMILES string of the molecule is C\C(=N/N=C/C=N/N=C(\C)c1ccccc1O)c1ccccc1O. The van der Waals surface area contributed by atoms with Crippen LogP contribution in [-0.4, -0.2) is 34.1 Å². The number of hydrogen-bond acceptors (Lipinski definition) is 6. The molecule has 2 rings (SSSR count). The van der Waals surface area contributed by atoms with E-state index in [2.05, 4.69) is 20.4 Å². The van der Waals surface area contributed by atoms with Crippen molar-refractivity contribution in [2.75, 3.05) is 0 Å². The topological polar surface area (TPSA) is 89.9 Å². The highest BCUT2D eigenvalue weighted by Crippen LogP contribution is 2.17. The van der Waals surface area contributed by atoms with Gasteiger partial charge in [0.2, 0.25) is 0 Å². The van der Waals surface area contributed by atoms with E-state index in [0.29, 0.717) is 22.6 Å². The van der Waals surface area contributed by atoms with Crippen LogP contribution in [0.4, 0.5) is 0 Å². The van der Waals surface area contributed by atoms with E-state index in [4.69, 9.17) is 0 Å². The lowest BCUT2D eigenvalue weighted by Crippen LogP contribution is -1.94. The first-order chi connectivity index (χ1) is 11.6. The Morgan fingerprint density at radius 3 is 1.46 bits per heavy atom. The molecule has 0 spiro atoms. The molecular formula is C18H18N4O2. The highest BCUT2D eigenvalue weighted by atomic mass is 16.3. The second-order valence-corrected chi connectivity index (χ2v) is 4.93. The minimum atomic E-state index is 0.158. The van der Waals surface area contributed by atoms with Gasteiger partial charge in [-0.25, -0.2) is 0 Å². The zero-order valence-electron chi connectivity index (χ0n) is 13.5. The molecule has 0 aliphatic carbocycles. The Hall–Kier alpha value is -3.28. The van der Waals surface area contributed by atoms with Crippen molar-refractivity contribution in [1.82, 2.24) is 0 Å². The van der Waals surface area contributed by atoms with E-state index in [1.807, 2.05) is 12.1 Å². The molecule has 0 aliphatic rings. The summed E-state index contributed by atoms with van der Waals surface area (Å²) in [6.07, 6.45) is 2.79. The van der Waals surface area contributed by atoms with E-state index in [9.17, 15) is 10.2 Å². The highest BCUT2D eigenvalue weighted by molar-refractivity contribution is 6.16. The fraction of sp³-hybridized carbons (Fsp3) is 0.111. The molecular weight excluding hydrogens is 304 g/mol. The fourth-order valence-electron chi connectivity index (χ4n) is 1.97. The average molecular weight is 322 g/mol. The molecule has 122 valence electrons. The lowest BCUT2D eigenvalue weighted by molar-refractivity contribution is 0.473. The first-order valence-electron chi connectivity index (χ1n) is 7.30. The van der Waals surface area contributed by atoms with Gasteiger partial charge in [0.15, 0.2) is 0 Å². The van der Waals surface area contributed by atoms with E-state index in [1.165, 1.54) is 12.4 Å². The van der Waals surface area contributed by atoms with Crippen molar-refractivity contribution in [2.24, 2.45) is 20.4 Å². The molecule has 2 aromatic rings. The van der Waals surface area contributed by atoms with E-state index in [0.717, 1.165) is 0 Å². The number of nitrogens with zero attached hydrogens (tertiary/aromatic N) is 4. The van der Waals surface area contributed by atoms with Gasteiger partial charge in [-0.3, -0.25) is 0 Å². The third kappa shape index (κ3) is 4.61. The van der Waals surface area contributed by atoms with Gasteiger partial charge in [0, 0.05) is 11.1 Å². The molecule has 0 saturated carbocycles. The fourth-order valence-corrected chi connectivity index (χ4v) is 1.97. The van der Waals surface area contributed by atoms with Gasteiger partial charge in [0.25, 0.3) is 0 Å². The molecule has 6 nitrogen and oxygen atoms in total. The molecule has 6 heteroatoms. The molecule has 0 bridgehead atoms. The number of phenolic OH excluding ortho intramolecular Hbond substituents is 2. The Kier molecular flexibility index (Phi) is 5.96. The van der Waals surface area contributed by atoms with Crippen molar-refractivity contribution >= 4 is 23.9 Å². The van der Waals surface area contributed by atoms with Gasteiger partial charge in [-0.05, 0) is 38.1 Å². The van der Waals surface area contributed by atoms with Crippen LogP contribution < -0.4 is 0 Å². The number of para-hydroxylation sites is 2. The number of hydrogen-bond donors (Lipinski definition) is 2. The zero-order valence-corrected chi connectivity index (χ0v) is 13.5. The van der Waals surface area contributed by atoms with Crippen molar-refractivity contribution < 1.29 is 10.2 Å². The van der Waals surface area contributed by atoms with Gasteiger partial charge in [0.1, 0.15) is 11.5 Å². The van der Waals surface area contributed by atoms with Crippen LogP contribution in [0, 0.1) is 0 Å². The van der Waals surface area contributed by atoms with Gasteiger partial charge in [-0.1, -0.05) is 24.3 Å². The van der Waals surface area contributed by atoms with Crippen molar-refractivity contribution in [3.05, 3.63) is 59.7 Å². The van der Waals surface area contributed by atoms with E-state index in [-0.39, 0.29) is 11.5 Å². The van der Waals surface area contributed by atoms with Gasteiger partial charge in [-0.15, -0.1) is 0 Å². The Morgan fingerprint density at radius 1 is 0.708 bits per heavy atom. The standard InChI is InChI=1S/C18H18N4O2/c1-13(15-7-3-5-9-17(15)23)21-19-11-12-20-22-14(2)16-8-4-6-10-18(16)24/h3-12,23-24H,1-2H3/b19-11+,20-12+,21-13+,22-14+. The molecule has 0 aliphatic heterocycles. The third-order valence-corrected chi connectivity index (χ3v) is 3.20. The summed E-state index contributed by atoms with van der Waals surface area (Å²) in [5.74, 6) is 0.316. The van der Waals surface area contributed by atoms with Gasteiger partial charge >= 0.3 is 0 Å². The summed E-state index contributed by atoms with van der Waals surface area (Å²) >= 11 is 0. The maximum absolute atomic E-state index is 9.72. The minimum Gasteiger partial charge on any atom is -0.507 e. The van der Waals surface area contributed by atoms with Gasteiger partial charge in [0.05, 0.1) is 23.9 Å². The lowest BCUT2D eigenvalue weighted by Gasteiger charge is -2.01. The van der Waals surface area contributed by atoms with Crippen molar-refractivity contribution in [3.63, 3.8) is 0 Å². The van der Waals surface area contributed by atoms with Crippen LogP contribution in [0.3, 0.4) is 0 Å². The highest BCUT2D eigenvalue weighted by Gasteiger charge is 2.02. The first kappa shape index (κ1) is 17.1. The van der Waals surface area contributed by atoms with Crippen LogP contribution >= 0.6 is 0 Å². The molecule has 0 aromatic heterocycles. The molecule has 24 heavy (non-hydrogen) atoms. The summed E-state index contributed by atoms with van der Waals surface area (Å²) < 4.78 is 0. The predicted octanol–water partition coefficient (Wildman–Crippen LogP) is 3.39. The number of phenols is 2.